The third kappa shape index (κ3) is 6.47. The number of benzene rings is 1. The average molecular weight is 553 g/mol. The van der Waals surface area contributed by atoms with Crippen LogP contribution in [0.15, 0.2) is 24.3 Å². The first-order chi connectivity index (χ1) is 16.0. The van der Waals surface area contributed by atoms with Crippen LogP contribution in [0.4, 0.5) is 5.69 Å². The van der Waals surface area contributed by atoms with Crippen molar-refractivity contribution < 1.29 is 26.8 Å². The van der Waals surface area contributed by atoms with E-state index in [1.165, 1.54) is 28.2 Å². The predicted octanol–water partition coefficient (Wildman–Crippen LogP) is 1.59. The summed E-state index contributed by atoms with van der Waals surface area (Å²) in [5.41, 5.74) is 3.83. The van der Waals surface area contributed by atoms with Gasteiger partial charge in [-0.3, -0.25) is 10.0 Å². The summed E-state index contributed by atoms with van der Waals surface area (Å²) in [5, 5.41) is 9.30. The van der Waals surface area contributed by atoms with Crippen molar-refractivity contribution in [1.29, 1.82) is 0 Å². The molecule has 2 fully saturated rings. The van der Waals surface area contributed by atoms with Gasteiger partial charge in [0.15, 0.2) is 4.75 Å². The Kier molecular flexibility index (Phi) is 10.4. The molecule has 0 atom stereocenters. The van der Waals surface area contributed by atoms with Gasteiger partial charge in [-0.05, 0) is 43.4 Å². The minimum absolute atomic E-state index is 0. The number of hydrogen-bond acceptors (Lipinski definition) is 7. The maximum atomic E-state index is 13.6. The van der Waals surface area contributed by atoms with E-state index in [0.717, 1.165) is 29.1 Å². The molecule has 1 amide bonds. The van der Waals surface area contributed by atoms with Crippen molar-refractivity contribution in [3.05, 3.63) is 29.8 Å². The molecule has 1 aromatic carbocycles. The van der Waals surface area contributed by atoms with Gasteiger partial charge < -0.3 is 4.90 Å². The Bertz CT molecular complexity index is 1050. The van der Waals surface area contributed by atoms with E-state index in [1.54, 1.807) is 0 Å². The summed E-state index contributed by atoms with van der Waals surface area (Å²) in [5.74, 6) is -1.01. The summed E-state index contributed by atoms with van der Waals surface area (Å²) in [4.78, 5) is 14.7. The number of amides is 1. The molecule has 3 rings (SSSR count). The van der Waals surface area contributed by atoms with Crippen LogP contribution in [0, 0.1) is 0 Å². The zero-order chi connectivity index (χ0) is 25.0. The van der Waals surface area contributed by atoms with E-state index in [-0.39, 0.29) is 51.4 Å². The monoisotopic (exact) mass is 552 g/mol. The summed E-state index contributed by atoms with van der Waals surface area (Å²) in [6.45, 7) is 3.33. The number of halogens is 1. The quantitative estimate of drug-likeness (QED) is 0.270. The maximum Gasteiger partial charge on any atom is 0.266 e. The first-order valence-electron chi connectivity index (χ1n) is 11.8. The van der Waals surface area contributed by atoms with Crippen molar-refractivity contribution in [2.75, 3.05) is 50.4 Å². The molecule has 0 aromatic heterocycles. The van der Waals surface area contributed by atoms with Gasteiger partial charge in [-0.1, -0.05) is 31.9 Å². The molecule has 0 spiro atoms. The zero-order valence-electron chi connectivity index (χ0n) is 20.3. The highest BCUT2D eigenvalue weighted by Gasteiger charge is 2.55. The van der Waals surface area contributed by atoms with Gasteiger partial charge in [0, 0.05) is 45.0 Å². The number of carbonyl (C=O) groups excluding carboxylic acids is 1. The van der Waals surface area contributed by atoms with Crippen LogP contribution in [0.3, 0.4) is 0 Å². The number of aryl methyl sites for hydroxylation is 1. The molecule has 1 aromatic rings. The predicted molar refractivity (Wildman–Crippen MR) is 138 cm³/mol. The van der Waals surface area contributed by atoms with Gasteiger partial charge in [-0.15, -0.1) is 12.4 Å². The van der Waals surface area contributed by atoms with E-state index < -0.39 is 30.7 Å². The molecule has 2 aliphatic rings. The van der Waals surface area contributed by atoms with Crippen LogP contribution in [0.25, 0.3) is 0 Å². The molecule has 0 saturated carbocycles. The molecule has 0 radical (unpaired) electrons. The van der Waals surface area contributed by atoms with Crippen LogP contribution in [0.5, 0.6) is 0 Å². The molecule has 0 bridgehead atoms. The van der Waals surface area contributed by atoms with Gasteiger partial charge in [0.05, 0.1) is 6.26 Å². The van der Waals surface area contributed by atoms with Crippen LogP contribution in [0.2, 0.25) is 0 Å². The highest BCUT2D eigenvalue weighted by Crippen LogP contribution is 2.35. The van der Waals surface area contributed by atoms with Gasteiger partial charge in [0.1, 0.15) is 0 Å². The van der Waals surface area contributed by atoms with E-state index >= 15 is 0 Å². The number of anilines is 1. The molecule has 2 N–H and O–H groups in total. The summed E-state index contributed by atoms with van der Waals surface area (Å²) in [6, 6.07) is 8.36. The van der Waals surface area contributed by atoms with Gasteiger partial charge >= 0.3 is 0 Å². The van der Waals surface area contributed by atoms with Gasteiger partial charge in [0.25, 0.3) is 5.91 Å². The highest BCUT2D eigenvalue weighted by molar-refractivity contribution is 7.91. The fraction of sp³-hybridized carbons (Fsp3) is 0.682. The molecule has 35 heavy (non-hydrogen) atoms. The second-order valence-corrected chi connectivity index (χ2v) is 13.3. The van der Waals surface area contributed by atoms with E-state index in [2.05, 4.69) is 36.1 Å². The first kappa shape index (κ1) is 29.8. The Balaban J connectivity index is 0.00000432. The lowest BCUT2D eigenvalue weighted by Gasteiger charge is -2.43. The molecule has 2 heterocycles. The Labute approximate surface area is 215 Å². The summed E-state index contributed by atoms with van der Waals surface area (Å²) >= 11 is 0. The van der Waals surface area contributed by atoms with E-state index in [1.807, 2.05) is 0 Å². The fourth-order valence-corrected chi connectivity index (χ4v) is 7.73. The number of hydrogen-bond donors (Lipinski definition) is 2. The van der Waals surface area contributed by atoms with Crippen LogP contribution >= 0.6 is 12.4 Å². The number of piperidine rings is 1. The van der Waals surface area contributed by atoms with E-state index in [4.69, 9.17) is 0 Å². The SMILES string of the molecule is CCCCCc1ccc(N2CCN(S(=O)(=O)C3(C(=O)NO)CCN(S(C)(=O)=O)CC3)CC2)cc1.Cl. The number of piperazine rings is 1. The van der Waals surface area contributed by atoms with Crippen LogP contribution in [-0.2, 0) is 31.3 Å². The van der Waals surface area contributed by atoms with Crippen molar-refractivity contribution in [1.82, 2.24) is 14.1 Å². The zero-order valence-corrected chi connectivity index (χ0v) is 22.8. The molecular weight excluding hydrogens is 516 g/mol. The molecule has 2 saturated heterocycles. The Morgan fingerprint density at radius 3 is 2.00 bits per heavy atom. The fourth-order valence-electron chi connectivity index (χ4n) is 4.77. The second kappa shape index (κ2) is 12.2. The minimum Gasteiger partial charge on any atom is -0.369 e. The number of carbonyl (C=O) groups is 1. The van der Waals surface area contributed by atoms with Crippen molar-refractivity contribution in [2.24, 2.45) is 0 Å². The molecule has 10 nitrogen and oxygen atoms in total. The highest BCUT2D eigenvalue weighted by atomic mass is 35.5. The number of nitrogens with zero attached hydrogens (tertiary/aromatic N) is 3. The molecular formula is C22H37ClN4O6S2. The van der Waals surface area contributed by atoms with Crippen LogP contribution < -0.4 is 10.4 Å². The number of hydroxylamine groups is 1. The lowest BCUT2D eigenvalue weighted by atomic mass is 9.96. The second-order valence-electron chi connectivity index (χ2n) is 9.11. The Morgan fingerprint density at radius 2 is 1.51 bits per heavy atom. The number of nitrogens with one attached hydrogen (secondary N) is 1. The molecule has 13 heteroatoms. The lowest BCUT2D eigenvalue weighted by molar-refractivity contribution is -0.133. The van der Waals surface area contributed by atoms with E-state index in [0.29, 0.717) is 13.1 Å². The normalized spacial score (nSPS) is 19.7. The Morgan fingerprint density at radius 1 is 0.943 bits per heavy atom. The largest absolute Gasteiger partial charge is 0.369 e. The van der Waals surface area contributed by atoms with Crippen molar-refractivity contribution in [3.8, 4) is 0 Å². The van der Waals surface area contributed by atoms with Crippen LogP contribution in [0.1, 0.15) is 44.6 Å². The third-order valence-corrected chi connectivity index (χ3v) is 10.9. The van der Waals surface area contributed by atoms with Gasteiger partial charge in [-0.25, -0.2) is 26.6 Å². The van der Waals surface area contributed by atoms with Crippen molar-refractivity contribution >= 4 is 44.0 Å². The topological polar surface area (TPSA) is 127 Å². The Hall–Kier alpha value is -1.44. The number of unbranched alkanes of at least 4 members (excludes halogenated alkanes) is 2. The molecule has 0 aliphatic carbocycles. The average Bonchev–Trinajstić information content (AvgIpc) is 2.83. The standard InChI is InChI=1S/C22H36N4O6S2.ClH/c1-3-4-5-6-19-7-9-20(10-8-19)24-15-17-26(18-16-24)34(31,32)22(21(27)23-28)11-13-25(14-12-22)33(2,29)30;/h7-10,28H,3-6,11-18H2,1-2H3,(H,23,27);1H. The number of sulfonamides is 2. The lowest BCUT2D eigenvalue weighted by Crippen LogP contribution is -2.63. The van der Waals surface area contributed by atoms with Gasteiger partial charge in [0.2, 0.25) is 20.0 Å². The first-order valence-corrected chi connectivity index (χ1v) is 15.1. The smallest absolute Gasteiger partial charge is 0.266 e. The molecule has 2 aliphatic heterocycles. The summed E-state index contributed by atoms with van der Waals surface area (Å²) in [7, 11) is -7.64. The van der Waals surface area contributed by atoms with Crippen LogP contribution in [-0.4, -0.2) is 86.8 Å². The summed E-state index contributed by atoms with van der Waals surface area (Å²) < 4.78 is 51.5. The van der Waals surface area contributed by atoms with Crippen molar-refractivity contribution in [2.45, 2.75) is 50.2 Å². The minimum atomic E-state index is -4.14. The maximum absolute atomic E-state index is 13.6. The number of rotatable bonds is 9. The molecule has 200 valence electrons. The third-order valence-electron chi connectivity index (χ3n) is 6.96. The summed E-state index contributed by atoms with van der Waals surface area (Å²) in [6.07, 6.45) is 5.23. The van der Waals surface area contributed by atoms with Gasteiger partial charge in [-0.2, -0.15) is 4.31 Å². The molecule has 0 unspecified atom stereocenters. The van der Waals surface area contributed by atoms with E-state index in [9.17, 15) is 26.8 Å². The van der Waals surface area contributed by atoms with Crippen molar-refractivity contribution in [3.63, 3.8) is 0 Å².